The van der Waals surface area contributed by atoms with Gasteiger partial charge < -0.3 is 5.32 Å². The second-order valence-electron chi connectivity index (χ2n) is 7.32. The van der Waals surface area contributed by atoms with Gasteiger partial charge in [-0.05, 0) is 37.9 Å². The highest BCUT2D eigenvalue weighted by molar-refractivity contribution is 9.13. The first kappa shape index (κ1) is 21.1. The van der Waals surface area contributed by atoms with E-state index in [9.17, 15) is 14.0 Å². The molecule has 0 spiro atoms. The minimum atomic E-state index is -0.250. The quantitative estimate of drug-likeness (QED) is 0.619. The third-order valence-corrected chi connectivity index (χ3v) is 8.90. The van der Waals surface area contributed by atoms with E-state index in [2.05, 4.69) is 47.0 Å². The second kappa shape index (κ2) is 8.93. The van der Waals surface area contributed by atoms with Gasteiger partial charge in [-0.15, -0.1) is 11.3 Å². The van der Waals surface area contributed by atoms with Gasteiger partial charge in [0.2, 0.25) is 5.91 Å². The van der Waals surface area contributed by atoms with Gasteiger partial charge in [-0.1, -0.05) is 18.2 Å². The first-order chi connectivity index (χ1) is 13.9. The number of ketones is 1. The Morgan fingerprint density at radius 2 is 1.86 bits per heavy atom. The summed E-state index contributed by atoms with van der Waals surface area (Å²) >= 11 is 8.38. The van der Waals surface area contributed by atoms with Crippen LogP contribution in [0, 0.1) is 5.82 Å². The van der Waals surface area contributed by atoms with Gasteiger partial charge >= 0.3 is 0 Å². The number of nitrogens with zero attached hydrogens (tertiary/aromatic N) is 2. The average Bonchev–Trinajstić information content (AvgIpc) is 3.15. The fourth-order valence-corrected chi connectivity index (χ4v) is 6.33. The number of hydrogen-bond donors (Lipinski definition) is 1. The highest BCUT2D eigenvalue weighted by Gasteiger charge is 2.35. The summed E-state index contributed by atoms with van der Waals surface area (Å²) in [6.45, 7) is 3.99. The maximum atomic E-state index is 13.8. The summed E-state index contributed by atoms with van der Waals surface area (Å²) in [5.41, 5.74) is 1.39. The molecule has 1 atom stereocenters. The SMILES string of the molecule is O=C(CN1CCN(Cc2ccccc2F)CC1)NC1CC(=O)c2c1sc(Br)c2Br. The molecule has 1 aliphatic heterocycles. The first-order valence-corrected chi connectivity index (χ1v) is 11.8. The van der Waals surface area contributed by atoms with Crippen LogP contribution in [-0.4, -0.2) is 54.2 Å². The second-order valence-corrected chi connectivity index (χ2v) is 10.5. The average molecular weight is 545 g/mol. The monoisotopic (exact) mass is 543 g/mol. The lowest BCUT2D eigenvalue weighted by Crippen LogP contribution is -2.49. The van der Waals surface area contributed by atoms with Crippen molar-refractivity contribution in [3.05, 3.63) is 54.3 Å². The van der Waals surface area contributed by atoms with Crippen LogP contribution in [-0.2, 0) is 11.3 Å². The number of carbonyl (C=O) groups is 2. The Balaban J connectivity index is 1.27. The van der Waals surface area contributed by atoms with E-state index in [1.165, 1.54) is 17.4 Å². The standard InChI is InChI=1S/C20H20Br2FN3O2S/c21-18-17-15(27)9-14(19(17)29-20(18)22)24-16(28)11-26-7-5-25(6-8-26)10-12-3-1-2-4-13(12)23/h1-4,14H,5-11H2,(H,24,28). The van der Waals surface area contributed by atoms with Crippen molar-refractivity contribution in [1.82, 2.24) is 15.1 Å². The van der Waals surface area contributed by atoms with Gasteiger partial charge in [0.1, 0.15) is 5.82 Å². The van der Waals surface area contributed by atoms with Crippen molar-refractivity contribution in [1.29, 1.82) is 0 Å². The van der Waals surface area contributed by atoms with Gasteiger partial charge in [-0.25, -0.2) is 4.39 Å². The highest BCUT2D eigenvalue weighted by Crippen LogP contribution is 2.46. The molecule has 5 nitrogen and oxygen atoms in total. The number of Topliss-reactive ketones (excluding diaryl/α,β-unsaturated/α-hetero) is 1. The molecule has 0 saturated carbocycles. The lowest BCUT2D eigenvalue weighted by Gasteiger charge is -2.34. The van der Waals surface area contributed by atoms with Crippen molar-refractivity contribution < 1.29 is 14.0 Å². The van der Waals surface area contributed by atoms with Crippen LogP contribution in [0.3, 0.4) is 0 Å². The zero-order chi connectivity index (χ0) is 20.5. The van der Waals surface area contributed by atoms with Gasteiger partial charge in [0.05, 0.1) is 20.8 Å². The number of amides is 1. The van der Waals surface area contributed by atoms with Crippen LogP contribution in [0.25, 0.3) is 0 Å². The molecule has 1 aromatic carbocycles. The van der Waals surface area contributed by atoms with E-state index in [1.807, 2.05) is 12.1 Å². The van der Waals surface area contributed by atoms with Crippen molar-refractivity contribution in [3.8, 4) is 0 Å². The Morgan fingerprint density at radius 3 is 2.59 bits per heavy atom. The zero-order valence-electron chi connectivity index (χ0n) is 15.6. The van der Waals surface area contributed by atoms with Gasteiger partial charge in [0.15, 0.2) is 5.78 Å². The van der Waals surface area contributed by atoms with Gasteiger partial charge in [-0.3, -0.25) is 19.4 Å². The van der Waals surface area contributed by atoms with Crippen molar-refractivity contribution in [3.63, 3.8) is 0 Å². The van der Waals surface area contributed by atoms with E-state index in [-0.39, 0.29) is 23.5 Å². The number of thiophene rings is 1. The zero-order valence-corrected chi connectivity index (χ0v) is 19.6. The molecular formula is C20H20Br2FN3O2S. The Labute approximate surface area is 189 Å². The molecular weight excluding hydrogens is 525 g/mol. The largest absolute Gasteiger partial charge is 0.347 e. The molecule has 1 fully saturated rings. The molecule has 29 heavy (non-hydrogen) atoms. The molecule has 0 radical (unpaired) electrons. The van der Waals surface area contributed by atoms with Crippen LogP contribution in [0.5, 0.6) is 0 Å². The highest BCUT2D eigenvalue weighted by atomic mass is 79.9. The Hall–Kier alpha value is -1.13. The summed E-state index contributed by atoms with van der Waals surface area (Å²) in [4.78, 5) is 30.0. The summed E-state index contributed by atoms with van der Waals surface area (Å²) in [5.74, 6) is -0.189. The molecule has 0 bridgehead atoms. The van der Waals surface area contributed by atoms with Gasteiger partial charge in [-0.2, -0.15) is 0 Å². The molecule has 1 unspecified atom stereocenters. The maximum absolute atomic E-state index is 13.8. The number of benzene rings is 1. The van der Waals surface area contributed by atoms with Crippen LogP contribution in [0.15, 0.2) is 32.5 Å². The van der Waals surface area contributed by atoms with Gasteiger partial charge in [0.25, 0.3) is 0 Å². The van der Waals surface area contributed by atoms with E-state index >= 15 is 0 Å². The summed E-state index contributed by atoms with van der Waals surface area (Å²) in [5, 5.41) is 3.02. The fourth-order valence-electron chi connectivity index (χ4n) is 3.82. The number of rotatable bonds is 5. The topological polar surface area (TPSA) is 52.7 Å². The van der Waals surface area contributed by atoms with Crippen LogP contribution < -0.4 is 5.32 Å². The molecule has 2 aromatic rings. The van der Waals surface area contributed by atoms with Crippen LogP contribution in [0.1, 0.15) is 33.3 Å². The number of carbonyl (C=O) groups excluding carboxylic acids is 2. The molecule has 4 rings (SSSR count). The molecule has 2 heterocycles. The normalized spacial score (nSPS) is 20.1. The fraction of sp³-hybridized carbons (Fsp3) is 0.400. The minimum Gasteiger partial charge on any atom is -0.347 e. The number of hydrogen-bond acceptors (Lipinski definition) is 5. The number of fused-ring (bicyclic) bond motifs is 1. The van der Waals surface area contributed by atoms with Crippen molar-refractivity contribution >= 4 is 54.9 Å². The molecule has 1 N–H and O–H groups in total. The Kier molecular flexibility index (Phi) is 6.50. The van der Waals surface area contributed by atoms with Gasteiger partial charge in [0, 0.05) is 55.1 Å². The number of halogens is 3. The molecule has 1 saturated heterocycles. The summed E-state index contributed by atoms with van der Waals surface area (Å²) in [6, 6.07) is 6.60. The summed E-state index contributed by atoms with van der Waals surface area (Å²) in [6.07, 6.45) is 0.315. The summed E-state index contributed by atoms with van der Waals surface area (Å²) < 4.78 is 15.5. The van der Waals surface area contributed by atoms with Crippen molar-refractivity contribution in [2.45, 2.75) is 19.0 Å². The lowest BCUT2D eigenvalue weighted by atomic mass is 10.2. The predicted octanol–water partition coefficient (Wildman–Crippen LogP) is 3.97. The molecule has 1 aromatic heterocycles. The van der Waals surface area contributed by atoms with Crippen LogP contribution in [0.4, 0.5) is 4.39 Å². The van der Waals surface area contributed by atoms with E-state index in [1.54, 1.807) is 6.07 Å². The Bertz CT molecular complexity index is 944. The van der Waals surface area contributed by atoms with E-state index in [0.717, 1.165) is 39.3 Å². The van der Waals surface area contributed by atoms with Crippen LogP contribution >= 0.6 is 43.2 Å². The van der Waals surface area contributed by atoms with Crippen LogP contribution in [0.2, 0.25) is 0 Å². The van der Waals surface area contributed by atoms with E-state index in [0.29, 0.717) is 30.6 Å². The Morgan fingerprint density at radius 1 is 1.17 bits per heavy atom. The molecule has 154 valence electrons. The van der Waals surface area contributed by atoms with Crippen molar-refractivity contribution in [2.75, 3.05) is 32.7 Å². The lowest BCUT2D eigenvalue weighted by molar-refractivity contribution is -0.123. The van der Waals surface area contributed by atoms with Crippen molar-refractivity contribution in [2.24, 2.45) is 0 Å². The predicted molar refractivity (Wildman–Crippen MR) is 118 cm³/mol. The molecule has 2 aliphatic rings. The molecule has 1 aliphatic carbocycles. The third-order valence-electron chi connectivity index (χ3n) is 5.34. The molecule has 1 amide bonds. The number of nitrogens with one attached hydrogen (secondary N) is 1. The van der Waals surface area contributed by atoms with E-state index < -0.39 is 0 Å². The smallest absolute Gasteiger partial charge is 0.234 e. The minimum absolute atomic E-state index is 0.0564. The maximum Gasteiger partial charge on any atom is 0.234 e. The summed E-state index contributed by atoms with van der Waals surface area (Å²) in [7, 11) is 0. The third kappa shape index (κ3) is 4.64. The first-order valence-electron chi connectivity index (χ1n) is 9.40. The molecule has 9 heteroatoms. The van der Waals surface area contributed by atoms with E-state index in [4.69, 9.17) is 0 Å². The number of piperazine rings is 1.